The van der Waals surface area contributed by atoms with E-state index in [9.17, 15) is 4.79 Å². The molecule has 0 saturated carbocycles. The summed E-state index contributed by atoms with van der Waals surface area (Å²) in [6.45, 7) is 2.30. The zero-order chi connectivity index (χ0) is 12.1. The van der Waals surface area contributed by atoms with Crippen LogP contribution in [0.1, 0.15) is 23.3 Å². The number of nitrogens with zero attached hydrogens (tertiary/aromatic N) is 1. The van der Waals surface area contributed by atoms with Crippen LogP contribution in [0.2, 0.25) is 0 Å². The second kappa shape index (κ2) is 6.12. The molecule has 0 radical (unpaired) electrons. The molecule has 5 heteroatoms. The van der Waals surface area contributed by atoms with E-state index in [2.05, 4.69) is 26.2 Å². The lowest BCUT2D eigenvalue weighted by Crippen LogP contribution is -2.32. The quantitative estimate of drug-likeness (QED) is 0.929. The molecule has 0 unspecified atom stereocenters. The number of carbonyl (C=O) groups excluding carboxylic acids is 1. The van der Waals surface area contributed by atoms with Gasteiger partial charge in [0.2, 0.25) is 0 Å². The fourth-order valence-electron chi connectivity index (χ4n) is 1.82. The molecule has 1 amide bonds. The van der Waals surface area contributed by atoms with E-state index in [1.807, 2.05) is 6.07 Å². The summed E-state index contributed by atoms with van der Waals surface area (Å²) in [5.41, 5.74) is 0.444. The number of nitrogens with one attached hydrogen (secondary N) is 1. The van der Waals surface area contributed by atoms with E-state index in [-0.39, 0.29) is 5.91 Å². The zero-order valence-electron chi connectivity index (χ0n) is 9.49. The predicted molar refractivity (Wildman–Crippen MR) is 67.8 cm³/mol. The Morgan fingerprint density at radius 2 is 2.29 bits per heavy atom. The maximum atomic E-state index is 11.9. The Balaban J connectivity index is 1.87. The Morgan fingerprint density at radius 1 is 1.53 bits per heavy atom. The van der Waals surface area contributed by atoms with Gasteiger partial charge in [-0.3, -0.25) is 4.79 Å². The number of halogens is 1. The molecule has 1 aromatic heterocycles. The predicted octanol–water partition coefficient (Wildman–Crippen LogP) is 2.00. The summed E-state index contributed by atoms with van der Waals surface area (Å²) in [6.07, 6.45) is 3.65. The number of rotatable bonds is 3. The highest BCUT2D eigenvalue weighted by atomic mass is 79.9. The first kappa shape index (κ1) is 12.5. The van der Waals surface area contributed by atoms with Crippen molar-refractivity contribution in [1.82, 2.24) is 10.3 Å². The number of amides is 1. The minimum atomic E-state index is -0.121. The second-order valence-corrected chi connectivity index (χ2v) is 4.95. The molecule has 0 atom stereocenters. The molecule has 1 saturated heterocycles. The molecule has 17 heavy (non-hydrogen) atoms. The fraction of sp³-hybridized carbons (Fsp3) is 0.500. The van der Waals surface area contributed by atoms with Gasteiger partial charge in [0.05, 0.1) is 0 Å². The fourth-order valence-corrected chi connectivity index (χ4v) is 2.26. The number of ether oxygens (including phenoxy) is 1. The Bertz CT molecular complexity index is 392. The van der Waals surface area contributed by atoms with Crippen LogP contribution in [0, 0.1) is 5.92 Å². The summed E-state index contributed by atoms with van der Waals surface area (Å²) in [5, 5.41) is 2.92. The third-order valence-corrected chi connectivity index (χ3v) is 3.51. The van der Waals surface area contributed by atoms with E-state index in [0.29, 0.717) is 18.2 Å². The van der Waals surface area contributed by atoms with E-state index < -0.39 is 0 Å². The van der Waals surface area contributed by atoms with E-state index in [1.54, 1.807) is 12.3 Å². The van der Waals surface area contributed by atoms with Gasteiger partial charge in [-0.25, -0.2) is 4.98 Å². The molecule has 4 nitrogen and oxygen atoms in total. The van der Waals surface area contributed by atoms with Crippen LogP contribution in [-0.4, -0.2) is 30.6 Å². The molecule has 92 valence electrons. The molecule has 1 fully saturated rings. The molecule has 1 N–H and O–H groups in total. The molecule has 1 aliphatic heterocycles. The van der Waals surface area contributed by atoms with Crippen molar-refractivity contribution in [2.45, 2.75) is 12.8 Å². The minimum Gasteiger partial charge on any atom is -0.381 e. The lowest BCUT2D eigenvalue weighted by molar-refractivity contribution is 0.0642. The lowest BCUT2D eigenvalue weighted by Gasteiger charge is -2.22. The van der Waals surface area contributed by atoms with Gasteiger partial charge in [-0.05, 0) is 46.8 Å². The van der Waals surface area contributed by atoms with Crippen molar-refractivity contribution in [3.05, 3.63) is 28.5 Å². The Labute approximate surface area is 109 Å². The number of aromatic nitrogens is 1. The number of hydrogen-bond donors (Lipinski definition) is 1. The Hall–Kier alpha value is -0.940. The van der Waals surface area contributed by atoms with Crippen LogP contribution in [0.3, 0.4) is 0 Å². The van der Waals surface area contributed by atoms with Crippen LogP contribution in [0.25, 0.3) is 0 Å². The van der Waals surface area contributed by atoms with Gasteiger partial charge in [-0.2, -0.15) is 0 Å². The maximum Gasteiger partial charge on any atom is 0.271 e. The molecule has 2 heterocycles. The van der Waals surface area contributed by atoms with Gasteiger partial charge in [0.15, 0.2) is 0 Å². The number of hydrogen-bond acceptors (Lipinski definition) is 3. The number of carbonyl (C=O) groups is 1. The molecule has 1 aromatic rings. The summed E-state index contributed by atoms with van der Waals surface area (Å²) in [7, 11) is 0. The number of pyridine rings is 1. The average Bonchev–Trinajstić information content (AvgIpc) is 2.38. The molecule has 0 aromatic carbocycles. The highest BCUT2D eigenvalue weighted by Gasteiger charge is 2.16. The molecular weight excluding hydrogens is 284 g/mol. The minimum absolute atomic E-state index is 0.121. The summed E-state index contributed by atoms with van der Waals surface area (Å²) in [4.78, 5) is 15.9. The first-order valence-corrected chi connectivity index (χ1v) is 6.53. The van der Waals surface area contributed by atoms with Crippen molar-refractivity contribution < 1.29 is 9.53 Å². The van der Waals surface area contributed by atoms with Crippen LogP contribution in [0.4, 0.5) is 0 Å². The van der Waals surface area contributed by atoms with Crippen molar-refractivity contribution >= 4 is 21.8 Å². The third kappa shape index (κ3) is 3.51. The van der Waals surface area contributed by atoms with Crippen LogP contribution in [0.5, 0.6) is 0 Å². The van der Waals surface area contributed by atoms with Gasteiger partial charge in [-0.1, -0.05) is 0 Å². The van der Waals surface area contributed by atoms with Gasteiger partial charge in [0.1, 0.15) is 5.69 Å². The first-order valence-electron chi connectivity index (χ1n) is 5.74. The van der Waals surface area contributed by atoms with Gasteiger partial charge in [0.25, 0.3) is 5.91 Å². The van der Waals surface area contributed by atoms with E-state index in [1.165, 1.54) is 0 Å². The summed E-state index contributed by atoms with van der Waals surface area (Å²) >= 11 is 3.32. The molecule has 2 rings (SSSR count). The molecular formula is C12H15BrN2O2. The van der Waals surface area contributed by atoms with Gasteiger partial charge < -0.3 is 10.1 Å². The van der Waals surface area contributed by atoms with Crippen LogP contribution in [-0.2, 0) is 4.74 Å². The van der Waals surface area contributed by atoms with Crippen molar-refractivity contribution in [2.24, 2.45) is 5.92 Å². The van der Waals surface area contributed by atoms with Crippen molar-refractivity contribution in [3.63, 3.8) is 0 Å². The lowest BCUT2D eigenvalue weighted by atomic mass is 10.0. The summed E-state index contributed by atoms with van der Waals surface area (Å²) < 4.78 is 6.00. The zero-order valence-corrected chi connectivity index (χ0v) is 11.1. The highest BCUT2D eigenvalue weighted by molar-refractivity contribution is 9.10. The van der Waals surface area contributed by atoms with Gasteiger partial charge in [0, 0.05) is 30.4 Å². The van der Waals surface area contributed by atoms with E-state index in [0.717, 1.165) is 30.5 Å². The smallest absolute Gasteiger partial charge is 0.271 e. The topological polar surface area (TPSA) is 51.2 Å². The largest absolute Gasteiger partial charge is 0.381 e. The molecule has 1 aliphatic rings. The van der Waals surface area contributed by atoms with E-state index in [4.69, 9.17) is 4.74 Å². The van der Waals surface area contributed by atoms with Crippen LogP contribution in [0.15, 0.2) is 22.8 Å². The van der Waals surface area contributed by atoms with Gasteiger partial charge in [-0.15, -0.1) is 0 Å². The standard InChI is InChI=1S/C12H15BrN2O2/c13-10-2-1-5-14-11(10)12(16)15-8-9-3-6-17-7-4-9/h1-2,5,9H,3-4,6-8H2,(H,15,16). The normalized spacial score (nSPS) is 16.8. The van der Waals surface area contributed by atoms with Crippen molar-refractivity contribution in [1.29, 1.82) is 0 Å². The molecule has 0 spiro atoms. The highest BCUT2D eigenvalue weighted by Crippen LogP contribution is 2.15. The van der Waals surface area contributed by atoms with E-state index >= 15 is 0 Å². The monoisotopic (exact) mass is 298 g/mol. The second-order valence-electron chi connectivity index (χ2n) is 4.10. The van der Waals surface area contributed by atoms with Crippen molar-refractivity contribution in [3.8, 4) is 0 Å². The van der Waals surface area contributed by atoms with Crippen LogP contribution < -0.4 is 5.32 Å². The first-order chi connectivity index (χ1) is 8.27. The average molecular weight is 299 g/mol. The summed E-state index contributed by atoms with van der Waals surface area (Å²) in [6, 6.07) is 3.61. The molecule has 0 bridgehead atoms. The SMILES string of the molecule is O=C(NCC1CCOCC1)c1ncccc1Br. The maximum absolute atomic E-state index is 11.9. The Kier molecular flexibility index (Phi) is 4.50. The molecule has 0 aliphatic carbocycles. The summed E-state index contributed by atoms with van der Waals surface area (Å²) in [5.74, 6) is 0.402. The Morgan fingerprint density at radius 3 is 3.00 bits per heavy atom. The van der Waals surface area contributed by atoms with Crippen molar-refractivity contribution in [2.75, 3.05) is 19.8 Å². The van der Waals surface area contributed by atoms with Gasteiger partial charge >= 0.3 is 0 Å². The van der Waals surface area contributed by atoms with Crippen LogP contribution >= 0.6 is 15.9 Å². The third-order valence-electron chi connectivity index (χ3n) is 2.87.